The van der Waals surface area contributed by atoms with E-state index in [1.807, 2.05) is 4.90 Å². The molecule has 2 saturated heterocycles. The van der Waals surface area contributed by atoms with Gasteiger partial charge >= 0.3 is 0 Å². The first-order valence-corrected chi connectivity index (χ1v) is 8.30. The minimum atomic E-state index is -0.159. The first kappa shape index (κ1) is 16.0. The lowest BCUT2D eigenvalue weighted by Crippen LogP contribution is -2.45. The van der Waals surface area contributed by atoms with Crippen molar-refractivity contribution in [1.29, 1.82) is 0 Å². The topological polar surface area (TPSA) is 67.7 Å². The van der Waals surface area contributed by atoms with E-state index in [9.17, 15) is 9.59 Å². The van der Waals surface area contributed by atoms with Crippen molar-refractivity contribution in [3.05, 3.63) is 18.2 Å². The zero-order chi connectivity index (χ0) is 16.2. The molecule has 7 heteroatoms. The molecule has 0 bridgehead atoms. The molecule has 23 heavy (non-hydrogen) atoms. The number of carbonyl (C=O) groups is 2. The molecule has 2 fully saturated rings. The summed E-state index contributed by atoms with van der Waals surface area (Å²) in [5.41, 5.74) is 0.497. The van der Waals surface area contributed by atoms with Crippen molar-refractivity contribution in [3.63, 3.8) is 0 Å². The highest BCUT2D eigenvalue weighted by Gasteiger charge is 2.28. The molecule has 0 spiro atoms. The van der Waals surface area contributed by atoms with Gasteiger partial charge in [-0.05, 0) is 25.7 Å². The highest BCUT2D eigenvalue weighted by atomic mass is 16.5. The van der Waals surface area contributed by atoms with Gasteiger partial charge in [-0.1, -0.05) is 0 Å². The van der Waals surface area contributed by atoms with Crippen LogP contribution >= 0.6 is 0 Å². The van der Waals surface area contributed by atoms with Gasteiger partial charge in [-0.3, -0.25) is 9.59 Å². The molecule has 1 unspecified atom stereocenters. The maximum atomic E-state index is 12.8. The second kappa shape index (κ2) is 7.12. The molecular formula is C16H24N4O3. The molecule has 0 N–H and O–H groups in total. The van der Waals surface area contributed by atoms with Crippen LogP contribution < -0.4 is 0 Å². The van der Waals surface area contributed by atoms with E-state index in [0.29, 0.717) is 12.2 Å². The summed E-state index contributed by atoms with van der Waals surface area (Å²) in [4.78, 5) is 32.7. The van der Waals surface area contributed by atoms with E-state index in [4.69, 9.17) is 4.74 Å². The van der Waals surface area contributed by atoms with E-state index in [0.717, 1.165) is 45.4 Å². The summed E-state index contributed by atoms with van der Waals surface area (Å²) in [5, 5.41) is 0. The minimum Gasteiger partial charge on any atom is -0.376 e. The summed E-state index contributed by atoms with van der Waals surface area (Å²) in [7, 11) is 1.78. The Bertz CT molecular complexity index is 559. The summed E-state index contributed by atoms with van der Waals surface area (Å²) in [5.74, 6) is -0.135. The average molecular weight is 320 g/mol. The first-order valence-electron chi connectivity index (χ1n) is 8.30. The third kappa shape index (κ3) is 3.72. The van der Waals surface area contributed by atoms with Crippen molar-refractivity contribution in [3.8, 4) is 0 Å². The molecule has 0 saturated carbocycles. The van der Waals surface area contributed by atoms with E-state index in [1.165, 1.54) is 0 Å². The van der Waals surface area contributed by atoms with Crippen molar-refractivity contribution in [2.75, 3.05) is 32.8 Å². The molecule has 0 aromatic carbocycles. The van der Waals surface area contributed by atoms with Gasteiger partial charge < -0.3 is 19.1 Å². The first-order chi connectivity index (χ1) is 11.1. The van der Waals surface area contributed by atoms with Gasteiger partial charge in [-0.2, -0.15) is 0 Å². The maximum absolute atomic E-state index is 12.8. The number of hydrogen-bond donors (Lipinski definition) is 0. The quantitative estimate of drug-likeness (QED) is 0.799. The van der Waals surface area contributed by atoms with E-state index >= 15 is 0 Å². The molecular weight excluding hydrogens is 296 g/mol. The van der Waals surface area contributed by atoms with Crippen LogP contribution in [-0.2, 0) is 16.6 Å². The minimum absolute atomic E-state index is 0.0241. The van der Waals surface area contributed by atoms with E-state index in [-0.39, 0.29) is 24.5 Å². The van der Waals surface area contributed by atoms with Gasteiger partial charge in [0.25, 0.3) is 5.91 Å². The third-order valence-corrected chi connectivity index (χ3v) is 4.56. The molecule has 3 rings (SSSR count). The Morgan fingerprint density at radius 2 is 2.13 bits per heavy atom. The molecule has 126 valence electrons. The Morgan fingerprint density at radius 1 is 1.35 bits per heavy atom. The molecule has 1 aromatic rings. The largest absolute Gasteiger partial charge is 0.376 e. The smallest absolute Gasteiger partial charge is 0.272 e. The number of rotatable bonds is 5. The normalized spacial score (nSPS) is 20.9. The molecule has 2 aliphatic rings. The Morgan fingerprint density at radius 3 is 2.74 bits per heavy atom. The average Bonchev–Trinajstić information content (AvgIpc) is 3.28. The number of amides is 2. The number of aromatic nitrogens is 2. The predicted octanol–water partition coefficient (Wildman–Crippen LogP) is 0.664. The number of nitrogens with zero attached hydrogens (tertiary/aromatic N) is 4. The van der Waals surface area contributed by atoms with Crippen LogP contribution in [0.15, 0.2) is 12.5 Å². The van der Waals surface area contributed by atoms with Gasteiger partial charge in [0, 0.05) is 33.3 Å². The second-order valence-electron chi connectivity index (χ2n) is 6.30. The van der Waals surface area contributed by atoms with Gasteiger partial charge in [-0.15, -0.1) is 0 Å². The summed E-state index contributed by atoms with van der Waals surface area (Å²) in [6.07, 6.45) is 7.22. The summed E-state index contributed by atoms with van der Waals surface area (Å²) in [6.45, 7) is 2.91. The number of imidazole rings is 1. The summed E-state index contributed by atoms with van der Waals surface area (Å²) >= 11 is 0. The third-order valence-electron chi connectivity index (χ3n) is 4.56. The zero-order valence-corrected chi connectivity index (χ0v) is 13.6. The second-order valence-corrected chi connectivity index (χ2v) is 6.30. The van der Waals surface area contributed by atoms with Crippen LogP contribution in [0.4, 0.5) is 0 Å². The van der Waals surface area contributed by atoms with Gasteiger partial charge in [0.2, 0.25) is 5.91 Å². The molecule has 2 amide bonds. The molecule has 0 aliphatic carbocycles. The van der Waals surface area contributed by atoms with Crippen molar-refractivity contribution in [2.45, 2.75) is 31.8 Å². The van der Waals surface area contributed by atoms with Crippen LogP contribution in [0.5, 0.6) is 0 Å². The lowest BCUT2D eigenvalue weighted by atomic mass is 10.2. The molecule has 3 heterocycles. The standard InChI is InChI=1S/C16H24N4O3/c1-18-12-17-9-14(18)16(22)20(10-13-5-4-8-23-13)11-15(21)19-6-2-3-7-19/h9,12-13H,2-8,10-11H2,1H3. The SMILES string of the molecule is Cn1cncc1C(=O)N(CC(=O)N1CCCC1)CC1CCCO1. The lowest BCUT2D eigenvalue weighted by molar-refractivity contribution is -0.131. The number of carbonyl (C=O) groups excluding carboxylic acids is 2. The number of aryl methyl sites for hydroxylation is 1. The Balaban J connectivity index is 1.71. The van der Waals surface area contributed by atoms with Crippen LogP contribution in [0.3, 0.4) is 0 Å². The fourth-order valence-electron chi connectivity index (χ4n) is 3.21. The van der Waals surface area contributed by atoms with Crippen LogP contribution in [0, 0.1) is 0 Å². The Kier molecular flexibility index (Phi) is 4.95. The Labute approximate surface area is 136 Å². The predicted molar refractivity (Wildman–Crippen MR) is 83.9 cm³/mol. The van der Waals surface area contributed by atoms with Crippen LogP contribution in [-0.4, -0.2) is 70.1 Å². The maximum Gasteiger partial charge on any atom is 0.272 e. The van der Waals surface area contributed by atoms with Crippen molar-refractivity contribution >= 4 is 11.8 Å². The van der Waals surface area contributed by atoms with Crippen molar-refractivity contribution < 1.29 is 14.3 Å². The van der Waals surface area contributed by atoms with Crippen LogP contribution in [0.2, 0.25) is 0 Å². The fraction of sp³-hybridized carbons (Fsp3) is 0.688. The number of likely N-dealkylation sites (tertiary alicyclic amines) is 1. The molecule has 7 nitrogen and oxygen atoms in total. The van der Waals surface area contributed by atoms with E-state index < -0.39 is 0 Å². The van der Waals surface area contributed by atoms with Crippen LogP contribution in [0.25, 0.3) is 0 Å². The molecule has 1 aromatic heterocycles. The van der Waals surface area contributed by atoms with Gasteiger partial charge in [0.1, 0.15) is 12.2 Å². The summed E-state index contributed by atoms with van der Waals surface area (Å²) < 4.78 is 7.33. The highest BCUT2D eigenvalue weighted by Crippen LogP contribution is 2.16. The Hall–Kier alpha value is -1.89. The number of ether oxygens (including phenoxy) is 1. The van der Waals surface area contributed by atoms with Gasteiger partial charge in [-0.25, -0.2) is 4.98 Å². The molecule has 0 radical (unpaired) electrons. The van der Waals surface area contributed by atoms with E-state index in [1.54, 1.807) is 29.0 Å². The molecule has 1 atom stereocenters. The summed E-state index contributed by atoms with van der Waals surface area (Å²) in [6, 6.07) is 0. The fourth-order valence-corrected chi connectivity index (χ4v) is 3.21. The number of hydrogen-bond acceptors (Lipinski definition) is 4. The zero-order valence-electron chi connectivity index (χ0n) is 13.6. The van der Waals surface area contributed by atoms with Crippen LogP contribution in [0.1, 0.15) is 36.2 Å². The van der Waals surface area contributed by atoms with Gasteiger partial charge in [0.05, 0.1) is 18.6 Å². The monoisotopic (exact) mass is 320 g/mol. The van der Waals surface area contributed by atoms with Crippen molar-refractivity contribution in [1.82, 2.24) is 19.4 Å². The lowest BCUT2D eigenvalue weighted by Gasteiger charge is -2.27. The van der Waals surface area contributed by atoms with Crippen molar-refractivity contribution in [2.24, 2.45) is 7.05 Å². The molecule has 2 aliphatic heterocycles. The highest BCUT2D eigenvalue weighted by molar-refractivity contribution is 5.95. The van der Waals surface area contributed by atoms with Gasteiger partial charge in [0.15, 0.2) is 0 Å². The van der Waals surface area contributed by atoms with E-state index in [2.05, 4.69) is 4.98 Å².